The maximum absolute atomic E-state index is 11.1. The molecule has 0 aliphatic heterocycles. The van der Waals surface area contributed by atoms with E-state index in [2.05, 4.69) is 93.5 Å². The highest BCUT2D eigenvalue weighted by molar-refractivity contribution is 5.86. The molecule has 1 aliphatic rings. The fourth-order valence-corrected chi connectivity index (χ4v) is 5.53. The molecule has 3 rings (SSSR count). The number of nitrogens with zero attached hydrogens (tertiary/aromatic N) is 2. The predicted octanol–water partition coefficient (Wildman–Crippen LogP) is 8.55. The lowest BCUT2D eigenvalue weighted by Crippen LogP contribution is -2.13. The van der Waals surface area contributed by atoms with E-state index in [1.54, 1.807) is 0 Å². The van der Waals surface area contributed by atoms with Crippen LogP contribution in [0.15, 0.2) is 34.3 Å². The lowest BCUT2D eigenvalue weighted by molar-refractivity contribution is 0.444. The minimum atomic E-state index is -0.141. The number of aliphatic imine (C=N–C) groups is 2. The minimum absolute atomic E-state index is 0.141. The first-order valence-corrected chi connectivity index (χ1v) is 14.8. The van der Waals surface area contributed by atoms with Gasteiger partial charge in [-0.2, -0.15) is 0 Å². The van der Waals surface area contributed by atoms with Crippen LogP contribution in [-0.4, -0.2) is 34.7 Å². The molecule has 0 radical (unpaired) electrons. The molecule has 2 unspecified atom stereocenters. The van der Waals surface area contributed by atoms with Gasteiger partial charge in [0.1, 0.15) is 11.5 Å². The maximum atomic E-state index is 11.1. The first-order valence-electron chi connectivity index (χ1n) is 14.8. The molecule has 2 N–H and O–H groups in total. The molecule has 4 heteroatoms. The van der Waals surface area contributed by atoms with Gasteiger partial charge >= 0.3 is 0 Å². The summed E-state index contributed by atoms with van der Waals surface area (Å²) in [6, 6.07) is 8.87. The van der Waals surface area contributed by atoms with Crippen LogP contribution < -0.4 is 0 Å². The smallest absolute Gasteiger partial charge is 0.128 e. The van der Waals surface area contributed by atoms with E-state index in [0.717, 1.165) is 54.4 Å². The zero-order chi connectivity index (χ0) is 29.1. The van der Waals surface area contributed by atoms with Crippen molar-refractivity contribution in [2.45, 2.75) is 124 Å². The highest BCUT2D eigenvalue weighted by Gasteiger charge is 2.25. The molecule has 0 saturated heterocycles. The number of rotatable bonds is 8. The fourth-order valence-electron chi connectivity index (χ4n) is 5.53. The van der Waals surface area contributed by atoms with E-state index < -0.39 is 0 Å². The second-order valence-corrected chi connectivity index (χ2v) is 14.5. The van der Waals surface area contributed by atoms with Gasteiger partial charge in [0.05, 0.1) is 12.1 Å². The molecule has 0 bridgehead atoms. The van der Waals surface area contributed by atoms with Crippen molar-refractivity contribution in [3.8, 4) is 11.5 Å². The molecular formula is C35H52N2O2. The summed E-state index contributed by atoms with van der Waals surface area (Å²) >= 11 is 0. The summed E-state index contributed by atoms with van der Waals surface area (Å²) in [6.45, 7) is 21.7. The number of phenolic OH excluding ortho intramolecular Hbond substituents is 2. The standard InChI is InChI=1S/C35H52N2O2/c1-22(2)13-24-15-26(32(38)30(17-24)34(5,6)7)20-36-28-11-12-29(19-28)37-21-27-16-25(14-23(3)4)18-31(33(27)39)35(8,9)10/h15-18,20-23,28-29,38-39H,11-14,19H2,1-10H3. The molecule has 1 saturated carbocycles. The van der Waals surface area contributed by atoms with Crippen LogP contribution in [0.3, 0.4) is 0 Å². The maximum Gasteiger partial charge on any atom is 0.128 e. The van der Waals surface area contributed by atoms with Crippen molar-refractivity contribution in [2.75, 3.05) is 0 Å². The highest BCUT2D eigenvalue weighted by Crippen LogP contribution is 2.36. The second-order valence-electron chi connectivity index (χ2n) is 14.5. The fraction of sp³-hybridized carbons (Fsp3) is 0.600. The Hall–Kier alpha value is -2.62. The van der Waals surface area contributed by atoms with E-state index in [1.165, 1.54) is 11.1 Å². The van der Waals surface area contributed by atoms with E-state index in [4.69, 9.17) is 9.98 Å². The predicted molar refractivity (Wildman–Crippen MR) is 167 cm³/mol. The molecular weight excluding hydrogens is 480 g/mol. The summed E-state index contributed by atoms with van der Waals surface area (Å²) in [4.78, 5) is 9.81. The summed E-state index contributed by atoms with van der Waals surface area (Å²) in [5, 5.41) is 22.1. The SMILES string of the molecule is CC(C)Cc1cc(C=NC2CCC(N=Cc3cc(CC(C)C)cc(C(C)(C)C)c3O)C2)c(O)c(C(C)(C)C)c1. The van der Waals surface area contributed by atoms with Crippen LogP contribution >= 0.6 is 0 Å². The summed E-state index contributed by atoms with van der Waals surface area (Å²) in [5.41, 5.74) is 5.79. The van der Waals surface area contributed by atoms with Crippen molar-refractivity contribution in [2.24, 2.45) is 21.8 Å². The average molecular weight is 533 g/mol. The Kier molecular flexibility index (Phi) is 9.73. The van der Waals surface area contributed by atoms with Gasteiger partial charge in [0, 0.05) is 34.7 Å². The third-order valence-corrected chi connectivity index (χ3v) is 7.53. The van der Waals surface area contributed by atoms with Crippen LogP contribution in [0.4, 0.5) is 0 Å². The van der Waals surface area contributed by atoms with Crippen molar-refractivity contribution in [3.05, 3.63) is 57.6 Å². The Morgan fingerprint density at radius 1 is 0.692 bits per heavy atom. The average Bonchev–Trinajstić information content (AvgIpc) is 3.25. The van der Waals surface area contributed by atoms with Gasteiger partial charge in [-0.3, -0.25) is 9.98 Å². The lowest BCUT2D eigenvalue weighted by Gasteiger charge is -2.23. The van der Waals surface area contributed by atoms with E-state index in [-0.39, 0.29) is 22.9 Å². The molecule has 0 heterocycles. The number of hydrogen-bond acceptors (Lipinski definition) is 4. The monoisotopic (exact) mass is 532 g/mol. The Morgan fingerprint density at radius 2 is 1.05 bits per heavy atom. The lowest BCUT2D eigenvalue weighted by atomic mass is 9.83. The van der Waals surface area contributed by atoms with E-state index in [9.17, 15) is 10.2 Å². The Morgan fingerprint density at radius 3 is 1.36 bits per heavy atom. The van der Waals surface area contributed by atoms with Crippen LogP contribution in [0.5, 0.6) is 11.5 Å². The molecule has 0 spiro atoms. The highest BCUT2D eigenvalue weighted by atomic mass is 16.3. The van der Waals surface area contributed by atoms with Crippen molar-refractivity contribution < 1.29 is 10.2 Å². The van der Waals surface area contributed by atoms with Crippen LogP contribution in [-0.2, 0) is 23.7 Å². The van der Waals surface area contributed by atoms with Gasteiger partial charge < -0.3 is 10.2 Å². The van der Waals surface area contributed by atoms with Gasteiger partial charge in [-0.25, -0.2) is 0 Å². The number of hydrogen-bond donors (Lipinski definition) is 2. The number of phenols is 2. The van der Waals surface area contributed by atoms with E-state index in [0.29, 0.717) is 23.3 Å². The summed E-state index contributed by atoms with van der Waals surface area (Å²) in [5.74, 6) is 1.78. The topological polar surface area (TPSA) is 65.2 Å². The molecule has 2 atom stereocenters. The van der Waals surface area contributed by atoms with E-state index in [1.807, 2.05) is 12.4 Å². The molecule has 2 aromatic carbocycles. The second kappa shape index (κ2) is 12.3. The van der Waals surface area contributed by atoms with Crippen molar-refractivity contribution in [1.82, 2.24) is 0 Å². The summed E-state index contributed by atoms with van der Waals surface area (Å²) in [6.07, 6.45) is 8.54. The Balaban J connectivity index is 1.79. The minimum Gasteiger partial charge on any atom is -0.507 e. The molecule has 0 aromatic heterocycles. The first-order chi connectivity index (χ1) is 18.0. The summed E-state index contributed by atoms with van der Waals surface area (Å²) < 4.78 is 0. The van der Waals surface area contributed by atoms with Gasteiger partial charge in [0.2, 0.25) is 0 Å². The van der Waals surface area contributed by atoms with Crippen LogP contribution in [0.1, 0.15) is 122 Å². The third-order valence-electron chi connectivity index (χ3n) is 7.53. The number of aromatic hydroxyl groups is 2. The van der Waals surface area contributed by atoms with Crippen molar-refractivity contribution in [1.29, 1.82) is 0 Å². The van der Waals surface area contributed by atoms with Crippen LogP contribution in [0.25, 0.3) is 0 Å². The normalized spacial score (nSPS) is 18.9. The van der Waals surface area contributed by atoms with Gasteiger partial charge in [-0.05, 0) is 78.0 Å². The quantitative estimate of drug-likeness (QED) is 0.335. The molecule has 214 valence electrons. The Bertz CT molecular complexity index is 1100. The van der Waals surface area contributed by atoms with E-state index >= 15 is 0 Å². The van der Waals surface area contributed by atoms with Gasteiger partial charge in [0.25, 0.3) is 0 Å². The first kappa shape index (κ1) is 30.9. The number of benzene rings is 2. The van der Waals surface area contributed by atoms with Crippen molar-refractivity contribution in [3.63, 3.8) is 0 Å². The van der Waals surface area contributed by atoms with Crippen LogP contribution in [0.2, 0.25) is 0 Å². The van der Waals surface area contributed by atoms with Gasteiger partial charge in [-0.15, -0.1) is 0 Å². The van der Waals surface area contributed by atoms with Crippen molar-refractivity contribution >= 4 is 12.4 Å². The summed E-state index contributed by atoms with van der Waals surface area (Å²) in [7, 11) is 0. The van der Waals surface area contributed by atoms with Gasteiger partial charge in [-0.1, -0.05) is 81.4 Å². The molecule has 2 aromatic rings. The molecule has 39 heavy (non-hydrogen) atoms. The zero-order valence-electron chi connectivity index (χ0n) is 26.1. The molecule has 4 nitrogen and oxygen atoms in total. The third kappa shape index (κ3) is 8.43. The largest absolute Gasteiger partial charge is 0.507 e. The zero-order valence-corrected chi connectivity index (χ0v) is 26.1. The molecule has 1 aliphatic carbocycles. The van der Waals surface area contributed by atoms with Crippen LogP contribution in [0, 0.1) is 11.8 Å². The Labute approximate surface area is 237 Å². The van der Waals surface area contributed by atoms with Gasteiger partial charge in [0.15, 0.2) is 0 Å². The molecule has 0 amide bonds. The molecule has 1 fully saturated rings.